The van der Waals surface area contributed by atoms with Crippen molar-refractivity contribution in [3.05, 3.63) is 69.2 Å². The van der Waals surface area contributed by atoms with Crippen molar-refractivity contribution in [2.24, 2.45) is 0 Å². The summed E-state index contributed by atoms with van der Waals surface area (Å²) in [6.45, 7) is 1.80. The average molecular weight is 473 g/mol. The fourth-order valence-electron chi connectivity index (χ4n) is 3.31. The number of carbonyl (C=O) groups is 4. The number of hydrogen-bond donors (Lipinski definition) is 1. The molecule has 1 heterocycles. The van der Waals surface area contributed by atoms with Crippen LogP contribution in [0.2, 0.25) is 0 Å². The normalized spacial score (nSPS) is 13.8. The quantitative estimate of drug-likeness (QED) is 0.493. The number of nitrogens with zero attached hydrogens (tertiary/aromatic N) is 1. The molecule has 0 saturated carbocycles. The number of halogens is 1. The highest BCUT2D eigenvalue weighted by Gasteiger charge is 2.35. The number of nitrogens with one attached hydrogen (secondary N) is 1. The van der Waals surface area contributed by atoms with E-state index in [1.807, 2.05) is 13.0 Å². The molecule has 0 spiro atoms. The van der Waals surface area contributed by atoms with Crippen molar-refractivity contribution in [2.75, 3.05) is 13.7 Å². The zero-order valence-corrected chi connectivity index (χ0v) is 18.2. The highest BCUT2D eigenvalue weighted by Crippen LogP contribution is 2.25. The Morgan fingerprint density at radius 2 is 1.83 bits per heavy atom. The molecule has 0 radical (unpaired) electrons. The highest BCUT2D eigenvalue weighted by molar-refractivity contribution is 9.10. The number of carbonyl (C=O) groups excluding carboxylic acids is 4. The molecule has 2 aromatic carbocycles. The molecule has 2 aromatic rings. The van der Waals surface area contributed by atoms with Crippen LogP contribution in [0.15, 0.2) is 46.9 Å². The number of fused-ring (bicyclic) bond motifs is 1. The lowest BCUT2D eigenvalue weighted by Gasteiger charge is -2.20. The van der Waals surface area contributed by atoms with Crippen molar-refractivity contribution < 1.29 is 23.9 Å². The summed E-state index contributed by atoms with van der Waals surface area (Å²) in [5.41, 5.74) is 2.33. The number of imide groups is 1. The highest BCUT2D eigenvalue weighted by atomic mass is 79.9. The summed E-state index contributed by atoms with van der Waals surface area (Å²) >= 11 is 3.38. The van der Waals surface area contributed by atoms with Gasteiger partial charge in [-0.1, -0.05) is 39.7 Å². The monoisotopic (exact) mass is 472 g/mol. The van der Waals surface area contributed by atoms with E-state index in [1.165, 1.54) is 7.11 Å². The van der Waals surface area contributed by atoms with Crippen molar-refractivity contribution in [3.63, 3.8) is 0 Å². The van der Waals surface area contributed by atoms with Gasteiger partial charge in [0.2, 0.25) is 5.91 Å². The van der Waals surface area contributed by atoms with Gasteiger partial charge in [-0.3, -0.25) is 24.1 Å². The van der Waals surface area contributed by atoms with Crippen LogP contribution >= 0.6 is 15.9 Å². The third kappa shape index (κ3) is 4.76. The van der Waals surface area contributed by atoms with E-state index >= 15 is 0 Å². The first-order valence-electron chi connectivity index (χ1n) is 9.38. The standard InChI is InChI=1S/C22H21BrN2O5/c1-13-6-7-16-17(10-13)22(29)25(21(16)28)9-8-19(26)24-18(12-20(27)30-2)14-4-3-5-15(23)11-14/h3-7,10-11,18H,8-9,12H2,1-2H3,(H,24,26). The van der Waals surface area contributed by atoms with Gasteiger partial charge in [0.05, 0.1) is 30.7 Å². The molecule has 1 atom stereocenters. The van der Waals surface area contributed by atoms with Gasteiger partial charge in [0.15, 0.2) is 0 Å². The van der Waals surface area contributed by atoms with Gasteiger partial charge in [-0.05, 0) is 36.8 Å². The summed E-state index contributed by atoms with van der Waals surface area (Å²) in [6.07, 6.45) is -0.110. The summed E-state index contributed by atoms with van der Waals surface area (Å²) < 4.78 is 5.54. The second-order valence-corrected chi connectivity index (χ2v) is 7.93. The lowest BCUT2D eigenvalue weighted by molar-refractivity contribution is -0.141. The Bertz CT molecular complexity index is 1020. The third-order valence-corrected chi connectivity index (χ3v) is 5.37. The Morgan fingerprint density at radius 1 is 1.10 bits per heavy atom. The number of methoxy groups -OCH3 is 1. The second-order valence-electron chi connectivity index (χ2n) is 7.02. The van der Waals surface area contributed by atoms with E-state index < -0.39 is 23.8 Å². The summed E-state index contributed by atoms with van der Waals surface area (Å²) in [5.74, 6) is -1.64. The fourth-order valence-corrected chi connectivity index (χ4v) is 3.73. The molecule has 7 nitrogen and oxygen atoms in total. The van der Waals surface area contributed by atoms with E-state index in [1.54, 1.807) is 36.4 Å². The van der Waals surface area contributed by atoms with Crippen LogP contribution in [0.4, 0.5) is 0 Å². The molecule has 1 aliphatic rings. The molecule has 1 N–H and O–H groups in total. The van der Waals surface area contributed by atoms with Gasteiger partial charge < -0.3 is 10.1 Å². The summed E-state index contributed by atoms with van der Waals surface area (Å²) in [6, 6.07) is 11.7. The largest absolute Gasteiger partial charge is 0.469 e. The van der Waals surface area contributed by atoms with Crippen LogP contribution in [0.5, 0.6) is 0 Å². The van der Waals surface area contributed by atoms with E-state index in [0.29, 0.717) is 11.1 Å². The smallest absolute Gasteiger partial charge is 0.307 e. The molecule has 30 heavy (non-hydrogen) atoms. The fraction of sp³-hybridized carbons (Fsp3) is 0.273. The Labute approximate surface area is 182 Å². The minimum atomic E-state index is -0.590. The lowest BCUT2D eigenvalue weighted by atomic mass is 10.0. The molecular formula is C22H21BrN2O5. The Kier molecular flexibility index (Phi) is 6.66. The number of aryl methyl sites for hydroxylation is 1. The molecule has 0 saturated heterocycles. The number of esters is 1. The van der Waals surface area contributed by atoms with Crippen molar-refractivity contribution in [1.29, 1.82) is 0 Å². The van der Waals surface area contributed by atoms with Crippen LogP contribution in [-0.2, 0) is 14.3 Å². The van der Waals surface area contributed by atoms with E-state index in [-0.39, 0.29) is 25.3 Å². The number of hydrogen-bond acceptors (Lipinski definition) is 5. The number of benzene rings is 2. The molecule has 3 rings (SSSR count). The molecule has 1 aliphatic heterocycles. The van der Waals surface area contributed by atoms with E-state index in [0.717, 1.165) is 20.5 Å². The minimum Gasteiger partial charge on any atom is -0.469 e. The topological polar surface area (TPSA) is 92.8 Å². The first-order valence-corrected chi connectivity index (χ1v) is 10.2. The zero-order valence-electron chi connectivity index (χ0n) is 16.6. The molecule has 0 bridgehead atoms. The maximum atomic E-state index is 12.6. The molecule has 1 unspecified atom stereocenters. The Hall–Kier alpha value is -3.00. The predicted octanol–water partition coefficient (Wildman–Crippen LogP) is 3.16. The van der Waals surface area contributed by atoms with Gasteiger partial charge in [-0.15, -0.1) is 0 Å². The Morgan fingerprint density at radius 3 is 2.53 bits per heavy atom. The summed E-state index contributed by atoms with van der Waals surface area (Å²) in [4.78, 5) is 50.5. The van der Waals surface area contributed by atoms with Gasteiger partial charge in [0.1, 0.15) is 0 Å². The summed E-state index contributed by atoms with van der Waals surface area (Å²) in [5, 5.41) is 2.80. The van der Waals surface area contributed by atoms with Crippen molar-refractivity contribution >= 4 is 39.6 Å². The number of rotatable bonds is 7. The third-order valence-electron chi connectivity index (χ3n) is 4.87. The van der Waals surface area contributed by atoms with Gasteiger partial charge in [0, 0.05) is 17.4 Å². The van der Waals surface area contributed by atoms with Crippen LogP contribution in [0.25, 0.3) is 0 Å². The SMILES string of the molecule is COC(=O)CC(NC(=O)CCN1C(=O)c2ccc(C)cc2C1=O)c1cccc(Br)c1. The minimum absolute atomic E-state index is 0.0367. The molecule has 156 valence electrons. The predicted molar refractivity (Wildman–Crippen MR) is 113 cm³/mol. The van der Waals surface area contributed by atoms with Crippen molar-refractivity contribution in [2.45, 2.75) is 25.8 Å². The van der Waals surface area contributed by atoms with Gasteiger partial charge in [0.25, 0.3) is 11.8 Å². The maximum Gasteiger partial charge on any atom is 0.307 e. The second kappa shape index (κ2) is 9.21. The van der Waals surface area contributed by atoms with E-state index in [9.17, 15) is 19.2 Å². The molecule has 0 aliphatic carbocycles. The van der Waals surface area contributed by atoms with Gasteiger partial charge >= 0.3 is 5.97 Å². The first-order chi connectivity index (χ1) is 14.3. The molecule has 0 fully saturated rings. The van der Waals surface area contributed by atoms with Crippen LogP contribution in [0.1, 0.15) is 50.7 Å². The van der Waals surface area contributed by atoms with E-state index in [2.05, 4.69) is 21.2 Å². The molecule has 0 aromatic heterocycles. The molecule has 8 heteroatoms. The number of ether oxygens (including phenoxy) is 1. The first kappa shape index (κ1) is 21.7. The van der Waals surface area contributed by atoms with Crippen LogP contribution < -0.4 is 5.32 Å². The number of amides is 3. The Balaban J connectivity index is 1.67. The van der Waals surface area contributed by atoms with Crippen molar-refractivity contribution in [1.82, 2.24) is 10.2 Å². The average Bonchev–Trinajstić information content (AvgIpc) is 2.95. The molecule has 3 amide bonds. The lowest BCUT2D eigenvalue weighted by Crippen LogP contribution is -2.36. The van der Waals surface area contributed by atoms with Crippen LogP contribution in [-0.4, -0.2) is 42.2 Å². The van der Waals surface area contributed by atoms with Gasteiger partial charge in [-0.25, -0.2) is 0 Å². The van der Waals surface area contributed by atoms with Crippen LogP contribution in [0, 0.1) is 6.92 Å². The maximum absolute atomic E-state index is 12.6. The summed E-state index contributed by atoms with van der Waals surface area (Å²) in [7, 11) is 1.28. The zero-order chi connectivity index (χ0) is 21.8. The van der Waals surface area contributed by atoms with Crippen molar-refractivity contribution in [3.8, 4) is 0 Å². The van der Waals surface area contributed by atoms with Crippen LogP contribution in [0.3, 0.4) is 0 Å². The van der Waals surface area contributed by atoms with Gasteiger partial charge in [-0.2, -0.15) is 0 Å². The molecular weight excluding hydrogens is 452 g/mol. The van der Waals surface area contributed by atoms with E-state index in [4.69, 9.17) is 4.74 Å².